The maximum Gasteiger partial charge on any atom is 0.165 e. The minimum Gasteiger partial charge on any atom is -0.372 e. The number of rotatable bonds is 4. The summed E-state index contributed by atoms with van der Waals surface area (Å²) in [4.78, 5) is 6.86. The van der Waals surface area contributed by atoms with Gasteiger partial charge in [0.25, 0.3) is 0 Å². The fourth-order valence-corrected chi connectivity index (χ4v) is 3.23. The molecule has 1 fully saturated rings. The quantitative estimate of drug-likeness (QED) is 0.730. The van der Waals surface area contributed by atoms with Crippen molar-refractivity contribution in [2.75, 3.05) is 18.0 Å². The van der Waals surface area contributed by atoms with Crippen molar-refractivity contribution in [3.63, 3.8) is 0 Å². The second-order valence-electron chi connectivity index (χ2n) is 6.33. The Labute approximate surface area is 145 Å². The van der Waals surface area contributed by atoms with Crippen LogP contribution in [-0.4, -0.2) is 38.8 Å². The normalized spacial score (nSPS) is 18.0. The van der Waals surface area contributed by atoms with Crippen LogP contribution < -0.4 is 4.90 Å². The van der Waals surface area contributed by atoms with Gasteiger partial charge in [0.1, 0.15) is 23.8 Å². The lowest BCUT2D eigenvalue weighted by Crippen LogP contribution is -2.40. The molecular formula is C18H20FN5O. The Hall–Kier alpha value is -2.54. The van der Waals surface area contributed by atoms with E-state index in [-0.39, 0.29) is 11.9 Å². The molecule has 0 saturated carbocycles. The standard InChI is InChI=1S/C18H20FN5O/c1-13-21-17(9-18-22-20-12-24(13)18)23-8-4-6-15(10-23)25-11-14-5-2-3-7-16(14)19/h2-3,5,7,9,12,15H,4,6,8,10-11H2,1H3/t15-/m0/s1. The summed E-state index contributed by atoms with van der Waals surface area (Å²) in [5, 5.41) is 8.04. The van der Waals surface area contributed by atoms with Crippen molar-refractivity contribution in [2.45, 2.75) is 32.5 Å². The molecule has 3 heterocycles. The van der Waals surface area contributed by atoms with Crippen molar-refractivity contribution < 1.29 is 9.13 Å². The van der Waals surface area contributed by atoms with E-state index in [2.05, 4.69) is 20.1 Å². The van der Waals surface area contributed by atoms with Crippen LogP contribution in [0.4, 0.5) is 10.2 Å². The number of nitrogens with zero attached hydrogens (tertiary/aromatic N) is 5. The van der Waals surface area contributed by atoms with Gasteiger partial charge in [0, 0.05) is 24.7 Å². The number of ether oxygens (including phenoxy) is 1. The molecule has 3 aromatic rings. The summed E-state index contributed by atoms with van der Waals surface area (Å²) in [6, 6.07) is 8.69. The van der Waals surface area contributed by atoms with Gasteiger partial charge in [-0.2, -0.15) is 0 Å². The van der Waals surface area contributed by atoms with E-state index in [4.69, 9.17) is 4.74 Å². The third-order valence-corrected chi connectivity index (χ3v) is 4.59. The molecule has 25 heavy (non-hydrogen) atoms. The van der Waals surface area contributed by atoms with Gasteiger partial charge < -0.3 is 9.64 Å². The summed E-state index contributed by atoms with van der Waals surface area (Å²) in [6.07, 6.45) is 3.71. The lowest BCUT2D eigenvalue weighted by molar-refractivity contribution is 0.0300. The molecular weight excluding hydrogens is 321 g/mol. The van der Waals surface area contributed by atoms with Crippen molar-refractivity contribution >= 4 is 11.5 Å². The molecule has 1 aliphatic heterocycles. The van der Waals surface area contributed by atoms with Crippen LogP contribution in [0.3, 0.4) is 0 Å². The minimum absolute atomic E-state index is 0.0598. The second kappa shape index (κ2) is 6.76. The zero-order valence-electron chi connectivity index (χ0n) is 14.1. The van der Waals surface area contributed by atoms with Gasteiger partial charge >= 0.3 is 0 Å². The topological polar surface area (TPSA) is 55.5 Å². The van der Waals surface area contributed by atoms with E-state index in [1.807, 2.05) is 23.5 Å². The maximum absolute atomic E-state index is 13.7. The lowest BCUT2D eigenvalue weighted by atomic mass is 10.1. The van der Waals surface area contributed by atoms with Crippen LogP contribution in [0.5, 0.6) is 0 Å². The summed E-state index contributed by atoms with van der Waals surface area (Å²) in [5.74, 6) is 1.52. The summed E-state index contributed by atoms with van der Waals surface area (Å²) in [7, 11) is 0. The molecule has 0 aliphatic carbocycles. The molecule has 1 aromatic carbocycles. The molecule has 7 heteroatoms. The van der Waals surface area contributed by atoms with Crippen molar-refractivity contribution in [2.24, 2.45) is 0 Å². The highest BCUT2D eigenvalue weighted by atomic mass is 19.1. The van der Waals surface area contributed by atoms with Crippen LogP contribution in [0.15, 0.2) is 36.7 Å². The van der Waals surface area contributed by atoms with Gasteiger partial charge in [0.15, 0.2) is 5.65 Å². The van der Waals surface area contributed by atoms with E-state index in [9.17, 15) is 4.39 Å². The van der Waals surface area contributed by atoms with Gasteiger partial charge in [-0.15, -0.1) is 10.2 Å². The molecule has 4 rings (SSSR count). The van der Waals surface area contributed by atoms with E-state index in [0.29, 0.717) is 12.2 Å². The van der Waals surface area contributed by atoms with E-state index in [1.54, 1.807) is 18.5 Å². The lowest BCUT2D eigenvalue weighted by Gasteiger charge is -2.33. The summed E-state index contributed by atoms with van der Waals surface area (Å²) in [6.45, 7) is 3.90. The molecule has 2 aromatic heterocycles. The van der Waals surface area contributed by atoms with E-state index >= 15 is 0 Å². The maximum atomic E-state index is 13.7. The Morgan fingerprint density at radius 1 is 1.32 bits per heavy atom. The highest BCUT2D eigenvalue weighted by molar-refractivity contribution is 5.51. The SMILES string of the molecule is Cc1nc(N2CCC[C@H](OCc3ccccc3F)C2)cc2nncn12. The van der Waals surface area contributed by atoms with E-state index in [0.717, 1.165) is 43.2 Å². The monoisotopic (exact) mass is 341 g/mol. The average Bonchev–Trinajstić information content (AvgIpc) is 3.11. The molecule has 6 nitrogen and oxygen atoms in total. The third-order valence-electron chi connectivity index (χ3n) is 4.59. The first-order valence-corrected chi connectivity index (χ1v) is 8.48. The van der Waals surface area contributed by atoms with Crippen LogP contribution in [0.1, 0.15) is 24.2 Å². The molecule has 0 unspecified atom stereocenters. The number of anilines is 1. The summed E-state index contributed by atoms with van der Waals surface area (Å²) < 4.78 is 21.6. The van der Waals surface area contributed by atoms with Gasteiger partial charge in [-0.05, 0) is 25.8 Å². The number of aryl methyl sites for hydroxylation is 1. The molecule has 1 saturated heterocycles. The first-order valence-electron chi connectivity index (χ1n) is 8.48. The van der Waals surface area contributed by atoms with Crippen LogP contribution in [-0.2, 0) is 11.3 Å². The van der Waals surface area contributed by atoms with Gasteiger partial charge in [-0.25, -0.2) is 9.37 Å². The van der Waals surface area contributed by atoms with Crippen molar-refractivity contribution in [1.82, 2.24) is 19.6 Å². The highest BCUT2D eigenvalue weighted by Crippen LogP contribution is 2.22. The number of benzene rings is 1. The first-order chi connectivity index (χ1) is 12.2. The molecule has 0 radical (unpaired) electrons. The zero-order valence-corrected chi connectivity index (χ0v) is 14.1. The van der Waals surface area contributed by atoms with Crippen molar-refractivity contribution in [1.29, 1.82) is 0 Å². The largest absolute Gasteiger partial charge is 0.372 e. The summed E-state index contributed by atoms with van der Waals surface area (Å²) >= 11 is 0. The molecule has 0 spiro atoms. The molecule has 130 valence electrons. The first kappa shape index (κ1) is 16.0. The van der Waals surface area contributed by atoms with Crippen molar-refractivity contribution in [3.05, 3.63) is 53.9 Å². The Kier molecular flexibility index (Phi) is 4.31. The molecule has 0 bridgehead atoms. The van der Waals surface area contributed by atoms with Crippen LogP contribution >= 0.6 is 0 Å². The number of aromatic nitrogens is 4. The predicted octanol–water partition coefficient (Wildman–Crippen LogP) is 2.76. The fraction of sp³-hybridized carbons (Fsp3) is 0.389. The highest BCUT2D eigenvalue weighted by Gasteiger charge is 2.22. The molecule has 0 N–H and O–H groups in total. The van der Waals surface area contributed by atoms with Crippen LogP contribution in [0.2, 0.25) is 0 Å². The number of fused-ring (bicyclic) bond motifs is 1. The predicted molar refractivity (Wildman–Crippen MR) is 91.9 cm³/mol. The Bertz CT molecular complexity index is 881. The Morgan fingerprint density at radius 3 is 3.08 bits per heavy atom. The number of hydrogen-bond acceptors (Lipinski definition) is 5. The van der Waals surface area contributed by atoms with Crippen molar-refractivity contribution in [3.8, 4) is 0 Å². The van der Waals surface area contributed by atoms with Crippen LogP contribution in [0, 0.1) is 12.7 Å². The fourth-order valence-electron chi connectivity index (χ4n) is 3.23. The third kappa shape index (κ3) is 3.32. The van der Waals surface area contributed by atoms with E-state index in [1.165, 1.54) is 6.07 Å². The molecule has 0 amide bonds. The Morgan fingerprint density at radius 2 is 2.20 bits per heavy atom. The summed E-state index contributed by atoms with van der Waals surface area (Å²) in [5.41, 5.74) is 1.38. The second-order valence-corrected chi connectivity index (χ2v) is 6.33. The van der Waals surface area contributed by atoms with Gasteiger partial charge in [-0.3, -0.25) is 4.40 Å². The minimum atomic E-state index is -0.218. The molecule has 1 aliphatic rings. The number of hydrogen-bond donors (Lipinski definition) is 0. The molecule has 1 atom stereocenters. The Balaban J connectivity index is 1.46. The smallest absolute Gasteiger partial charge is 0.165 e. The van der Waals surface area contributed by atoms with Gasteiger partial charge in [-0.1, -0.05) is 18.2 Å². The zero-order chi connectivity index (χ0) is 17.2. The van der Waals surface area contributed by atoms with Gasteiger partial charge in [0.2, 0.25) is 0 Å². The number of piperidine rings is 1. The average molecular weight is 341 g/mol. The number of halogens is 1. The van der Waals surface area contributed by atoms with E-state index < -0.39 is 0 Å². The van der Waals surface area contributed by atoms with Gasteiger partial charge in [0.05, 0.1) is 12.7 Å². The van der Waals surface area contributed by atoms with Crippen LogP contribution in [0.25, 0.3) is 5.65 Å².